The Hall–Kier alpha value is -0.610. The number of benzene rings is 1. The van der Waals surface area contributed by atoms with Crippen LogP contribution in [0.5, 0.6) is 0 Å². The van der Waals surface area contributed by atoms with Crippen molar-refractivity contribution in [2.45, 2.75) is 31.6 Å². The molecule has 0 fully saturated rings. The lowest BCUT2D eigenvalue weighted by molar-refractivity contribution is 0.366. The number of alkyl halides is 1. The molecule has 0 amide bonds. The van der Waals surface area contributed by atoms with Crippen LogP contribution in [0.15, 0.2) is 12.1 Å². The Morgan fingerprint density at radius 1 is 1.41 bits per heavy atom. The summed E-state index contributed by atoms with van der Waals surface area (Å²) in [5.41, 5.74) is 1.35. The van der Waals surface area contributed by atoms with Crippen molar-refractivity contribution in [2.75, 3.05) is 0 Å². The molecule has 1 aromatic heterocycles. The van der Waals surface area contributed by atoms with E-state index in [1.807, 2.05) is 25.5 Å². The van der Waals surface area contributed by atoms with Gasteiger partial charge >= 0.3 is 0 Å². The van der Waals surface area contributed by atoms with Crippen molar-refractivity contribution >= 4 is 38.4 Å². The Bertz CT molecular complexity index is 572. The van der Waals surface area contributed by atoms with Gasteiger partial charge in [-0.2, -0.15) is 5.10 Å². The molecule has 92 valence electrons. The van der Waals surface area contributed by atoms with E-state index >= 15 is 0 Å². The smallest absolute Gasteiger partial charge is 0.126 e. The monoisotopic (exact) mass is 318 g/mol. The lowest BCUT2D eigenvalue weighted by Gasteiger charge is -2.20. The second-order valence-electron chi connectivity index (χ2n) is 4.94. The van der Waals surface area contributed by atoms with Gasteiger partial charge in [0.2, 0.25) is 0 Å². The molecule has 17 heavy (non-hydrogen) atoms. The molecule has 0 aliphatic rings. The molecule has 2 aromatic rings. The second-order valence-corrected chi connectivity index (χ2v) is 5.91. The first-order chi connectivity index (χ1) is 7.84. The van der Waals surface area contributed by atoms with Crippen LogP contribution in [0.4, 0.5) is 4.39 Å². The molecular formula is C12H13BrClFN2. The van der Waals surface area contributed by atoms with Gasteiger partial charge in [-0.25, -0.2) is 4.39 Å². The van der Waals surface area contributed by atoms with E-state index in [4.69, 9.17) is 11.6 Å². The largest absolute Gasteiger partial charge is 0.259 e. The quantitative estimate of drug-likeness (QED) is 0.709. The lowest BCUT2D eigenvalue weighted by Crippen LogP contribution is -2.23. The van der Waals surface area contributed by atoms with E-state index in [2.05, 4.69) is 21.0 Å². The van der Waals surface area contributed by atoms with Crippen molar-refractivity contribution in [3.63, 3.8) is 0 Å². The molecule has 2 nitrogen and oxygen atoms in total. The molecule has 0 N–H and O–H groups in total. The highest BCUT2D eigenvalue weighted by molar-refractivity contribution is 9.08. The van der Waals surface area contributed by atoms with E-state index in [9.17, 15) is 4.39 Å². The average Bonchev–Trinajstić information content (AvgIpc) is 2.55. The molecule has 2 rings (SSSR count). The summed E-state index contributed by atoms with van der Waals surface area (Å²) >= 11 is 9.48. The fourth-order valence-electron chi connectivity index (χ4n) is 1.84. The number of hydrogen-bond acceptors (Lipinski definition) is 1. The van der Waals surface area contributed by atoms with Crippen LogP contribution in [-0.2, 0) is 10.9 Å². The van der Waals surface area contributed by atoms with Gasteiger partial charge in [-0.05, 0) is 32.9 Å². The molecule has 0 radical (unpaired) electrons. The van der Waals surface area contributed by atoms with Crippen LogP contribution in [0.2, 0.25) is 5.02 Å². The van der Waals surface area contributed by atoms with Gasteiger partial charge in [0.1, 0.15) is 5.82 Å². The maximum Gasteiger partial charge on any atom is 0.126 e. The number of aromatic nitrogens is 2. The van der Waals surface area contributed by atoms with Crippen LogP contribution in [0.1, 0.15) is 26.5 Å². The molecule has 0 unspecified atom stereocenters. The minimum absolute atomic E-state index is 0.213. The fourth-order valence-corrected chi connectivity index (χ4v) is 2.54. The van der Waals surface area contributed by atoms with Crippen molar-refractivity contribution < 1.29 is 4.39 Å². The highest BCUT2D eigenvalue weighted by atomic mass is 79.9. The van der Waals surface area contributed by atoms with Gasteiger partial charge in [0.25, 0.3) is 0 Å². The van der Waals surface area contributed by atoms with Crippen LogP contribution in [-0.4, -0.2) is 9.78 Å². The van der Waals surface area contributed by atoms with E-state index < -0.39 is 0 Å². The van der Waals surface area contributed by atoms with E-state index in [0.29, 0.717) is 10.4 Å². The maximum atomic E-state index is 13.4. The Balaban J connectivity index is 2.88. The number of rotatable bonds is 1. The van der Waals surface area contributed by atoms with E-state index in [-0.39, 0.29) is 11.4 Å². The summed E-state index contributed by atoms with van der Waals surface area (Å²) in [6.07, 6.45) is 0. The summed E-state index contributed by atoms with van der Waals surface area (Å²) in [5.74, 6) is -0.339. The number of halogens is 3. The van der Waals surface area contributed by atoms with Gasteiger partial charge in [0.05, 0.1) is 21.8 Å². The van der Waals surface area contributed by atoms with Gasteiger partial charge in [-0.3, -0.25) is 4.68 Å². The first kappa shape index (κ1) is 12.8. The fraction of sp³-hybridized carbons (Fsp3) is 0.417. The van der Waals surface area contributed by atoms with Gasteiger partial charge in [0.15, 0.2) is 0 Å². The Labute approximate surface area is 113 Å². The predicted molar refractivity (Wildman–Crippen MR) is 72.3 cm³/mol. The van der Waals surface area contributed by atoms with E-state index in [1.54, 1.807) is 0 Å². The van der Waals surface area contributed by atoms with Gasteiger partial charge in [-0.1, -0.05) is 27.5 Å². The molecular weight excluding hydrogens is 307 g/mol. The Morgan fingerprint density at radius 2 is 2.06 bits per heavy atom. The highest BCUT2D eigenvalue weighted by Crippen LogP contribution is 2.32. The SMILES string of the molecule is CC(C)(C)n1nc(CBr)c2c(Cl)cc(F)cc21. The first-order valence-corrected chi connectivity index (χ1v) is 6.77. The molecule has 0 saturated carbocycles. The van der Waals surface area contributed by atoms with Crippen LogP contribution >= 0.6 is 27.5 Å². The third-order valence-corrected chi connectivity index (χ3v) is 3.36. The second kappa shape index (κ2) is 4.25. The third kappa shape index (κ3) is 2.20. The molecule has 0 aliphatic heterocycles. The molecule has 0 bridgehead atoms. The predicted octanol–water partition coefficient (Wildman–Crippen LogP) is 4.48. The van der Waals surface area contributed by atoms with E-state index in [0.717, 1.165) is 16.6 Å². The Kier molecular flexibility index (Phi) is 3.21. The molecule has 5 heteroatoms. The summed E-state index contributed by atoms with van der Waals surface area (Å²) in [4.78, 5) is 0. The number of nitrogens with zero attached hydrogens (tertiary/aromatic N) is 2. The maximum absolute atomic E-state index is 13.4. The van der Waals surface area contributed by atoms with Crippen molar-refractivity contribution in [1.82, 2.24) is 9.78 Å². The number of hydrogen-bond donors (Lipinski definition) is 0. The normalized spacial score (nSPS) is 12.4. The van der Waals surface area contributed by atoms with Crippen molar-refractivity contribution in [1.29, 1.82) is 0 Å². The van der Waals surface area contributed by atoms with Gasteiger partial charge < -0.3 is 0 Å². The summed E-state index contributed by atoms with van der Waals surface area (Å²) in [6.45, 7) is 6.07. The Morgan fingerprint density at radius 3 is 2.59 bits per heavy atom. The van der Waals surface area contributed by atoms with E-state index in [1.165, 1.54) is 12.1 Å². The average molecular weight is 320 g/mol. The molecule has 0 saturated heterocycles. The summed E-state index contributed by atoms with van der Waals surface area (Å²) in [5, 5.41) is 6.32. The van der Waals surface area contributed by atoms with Crippen LogP contribution in [0.25, 0.3) is 10.9 Å². The minimum Gasteiger partial charge on any atom is -0.259 e. The van der Waals surface area contributed by atoms with Crippen molar-refractivity contribution in [2.24, 2.45) is 0 Å². The highest BCUT2D eigenvalue weighted by Gasteiger charge is 2.21. The molecule has 0 atom stereocenters. The van der Waals surface area contributed by atoms with Crippen molar-refractivity contribution in [3.8, 4) is 0 Å². The standard InChI is InChI=1S/C12H13BrClFN2/c1-12(2,3)17-10-5-7(15)4-8(14)11(10)9(6-13)16-17/h4-5H,6H2,1-3H3. The number of fused-ring (bicyclic) bond motifs is 1. The molecule has 0 spiro atoms. The summed E-state index contributed by atoms with van der Waals surface area (Å²) < 4.78 is 15.3. The minimum atomic E-state index is -0.339. The zero-order valence-electron chi connectivity index (χ0n) is 9.89. The zero-order chi connectivity index (χ0) is 12.8. The molecule has 1 heterocycles. The third-order valence-electron chi connectivity index (χ3n) is 2.53. The van der Waals surface area contributed by atoms with Crippen LogP contribution < -0.4 is 0 Å². The molecule has 1 aromatic carbocycles. The summed E-state index contributed by atoms with van der Waals surface area (Å²) in [7, 11) is 0. The van der Waals surface area contributed by atoms with Crippen LogP contribution in [0, 0.1) is 5.82 Å². The topological polar surface area (TPSA) is 17.8 Å². The van der Waals surface area contributed by atoms with Crippen LogP contribution in [0.3, 0.4) is 0 Å². The van der Waals surface area contributed by atoms with Gasteiger partial charge in [-0.15, -0.1) is 0 Å². The first-order valence-electron chi connectivity index (χ1n) is 5.27. The molecule has 0 aliphatic carbocycles. The van der Waals surface area contributed by atoms with Gasteiger partial charge in [0, 0.05) is 10.7 Å². The van der Waals surface area contributed by atoms with Crippen molar-refractivity contribution in [3.05, 3.63) is 28.7 Å². The lowest BCUT2D eigenvalue weighted by atomic mass is 10.1. The zero-order valence-corrected chi connectivity index (χ0v) is 12.2. The summed E-state index contributed by atoms with van der Waals surface area (Å²) in [6, 6.07) is 2.80.